The first-order valence-electron chi connectivity index (χ1n) is 5.60. The lowest BCUT2D eigenvalue weighted by molar-refractivity contribution is -0.118. The summed E-state index contributed by atoms with van der Waals surface area (Å²) < 4.78 is 0. The Morgan fingerprint density at radius 2 is 2.06 bits per heavy atom. The molecular formula is C10H17ClN6O. The number of halogens is 1. The molecule has 1 amide bonds. The first-order chi connectivity index (χ1) is 8.49. The van der Waals surface area contributed by atoms with Gasteiger partial charge in [0.15, 0.2) is 0 Å². The lowest BCUT2D eigenvalue weighted by Crippen LogP contribution is -2.16. The average Bonchev–Trinajstić information content (AvgIpc) is 2.27. The standard InChI is InChI=1S/C10H17ClN6O/c1-17(2)10-15-8(11)14-9(16-10)13-6-4-3-5-7(12)18/h3-6H2,1-2H3,(H2,12,18)(H,13,14,15,16). The van der Waals surface area contributed by atoms with Crippen molar-refractivity contribution in [2.45, 2.75) is 19.3 Å². The van der Waals surface area contributed by atoms with Crippen molar-refractivity contribution < 1.29 is 4.79 Å². The molecule has 0 bridgehead atoms. The number of nitrogens with zero attached hydrogens (tertiary/aromatic N) is 4. The molecule has 0 fully saturated rings. The van der Waals surface area contributed by atoms with Gasteiger partial charge in [0.05, 0.1) is 0 Å². The predicted octanol–water partition coefficient (Wildman–Crippen LogP) is 0.658. The van der Waals surface area contributed by atoms with E-state index in [2.05, 4.69) is 20.3 Å². The highest BCUT2D eigenvalue weighted by Gasteiger charge is 2.05. The number of hydrogen-bond acceptors (Lipinski definition) is 6. The van der Waals surface area contributed by atoms with Gasteiger partial charge in [0, 0.05) is 27.1 Å². The van der Waals surface area contributed by atoms with Gasteiger partial charge in [-0.3, -0.25) is 4.79 Å². The summed E-state index contributed by atoms with van der Waals surface area (Å²) in [6, 6.07) is 0. The van der Waals surface area contributed by atoms with Crippen LogP contribution < -0.4 is 16.0 Å². The number of nitrogens with one attached hydrogen (secondary N) is 1. The third kappa shape index (κ3) is 5.13. The summed E-state index contributed by atoms with van der Waals surface area (Å²) in [4.78, 5) is 24.4. The second-order valence-electron chi connectivity index (χ2n) is 3.97. The summed E-state index contributed by atoms with van der Waals surface area (Å²) in [7, 11) is 3.64. The molecule has 3 N–H and O–H groups in total. The molecule has 8 heteroatoms. The van der Waals surface area contributed by atoms with Crippen LogP contribution in [0.5, 0.6) is 0 Å². The molecule has 1 heterocycles. The molecule has 0 saturated heterocycles. The quantitative estimate of drug-likeness (QED) is 0.708. The molecule has 0 aromatic carbocycles. The number of primary amides is 1. The molecule has 0 aliphatic rings. The predicted molar refractivity (Wildman–Crippen MR) is 70.7 cm³/mol. The Hall–Kier alpha value is -1.63. The van der Waals surface area contributed by atoms with Crippen molar-refractivity contribution in [3.63, 3.8) is 0 Å². The molecular weight excluding hydrogens is 256 g/mol. The van der Waals surface area contributed by atoms with E-state index in [1.807, 2.05) is 14.1 Å². The lowest BCUT2D eigenvalue weighted by Gasteiger charge is -2.11. The Balaban J connectivity index is 2.44. The highest BCUT2D eigenvalue weighted by atomic mass is 35.5. The Labute approximate surface area is 111 Å². The fraction of sp³-hybridized carbons (Fsp3) is 0.600. The highest BCUT2D eigenvalue weighted by molar-refractivity contribution is 6.28. The molecule has 18 heavy (non-hydrogen) atoms. The average molecular weight is 273 g/mol. The van der Waals surface area contributed by atoms with Gasteiger partial charge in [-0.05, 0) is 24.4 Å². The molecule has 0 aliphatic heterocycles. The highest BCUT2D eigenvalue weighted by Crippen LogP contribution is 2.11. The zero-order chi connectivity index (χ0) is 13.5. The van der Waals surface area contributed by atoms with E-state index in [0.717, 1.165) is 12.8 Å². The van der Waals surface area contributed by atoms with Crippen LogP contribution in [0, 0.1) is 0 Å². The smallest absolute Gasteiger partial charge is 0.230 e. The van der Waals surface area contributed by atoms with E-state index in [0.29, 0.717) is 24.9 Å². The number of unbranched alkanes of at least 4 members (excludes halogenated alkanes) is 1. The second-order valence-corrected chi connectivity index (χ2v) is 4.31. The fourth-order valence-electron chi connectivity index (χ4n) is 1.24. The fourth-order valence-corrected chi connectivity index (χ4v) is 1.40. The van der Waals surface area contributed by atoms with Crippen LogP contribution in [-0.4, -0.2) is 41.5 Å². The van der Waals surface area contributed by atoms with Gasteiger partial charge >= 0.3 is 0 Å². The molecule has 0 unspecified atom stereocenters. The Bertz CT molecular complexity index is 411. The molecule has 100 valence electrons. The van der Waals surface area contributed by atoms with Crippen LogP contribution in [0.15, 0.2) is 0 Å². The third-order valence-electron chi connectivity index (χ3n) is 2.13. The van der Waals surface area contributed by atoms with Crippen molar-refractivity contribution in [2.24, 2.45) is 5.73 Å². The van der Waals surface area contributed by atoms with Crippen molar-refractivity contribution >= 4 is 29.4 Å². The monoisotopic (exact) mass is 272 g/mol. The van der Waals surface area contributed by atoms with E-state index in [9.17, 15) is 4.79 Å². The molecule has 0 aliphatic carbocycles. The van der Waals surface area contributed by atoms with Gasteiger partial charge in [-0.25, -0.2) is 0 Å². The Kier molecular flexibility index (Phi) is 5.57. The van der Waals surface area contributed by atoms with Crippen molar-refractivity contribution in [1.82, 2.24) is 15.0 Å². The summed E-state index contributed by atoms with van der Waals surface area (Å²) in [5.74, 6) is 0.639. The van der Waals surface area contributed by atoms with Gasteiger partial charge in [-0.15, -0.1) is 0 Å². The number of anilines is 2. The minimum atomic E-state index is -0.284. The van der Waals surface area contributed by atoms with Crippen molar-refractivity contribution in [3.8, 4) is 0 Å². The maximum atomic E-state index is 10.5. The zero-order valence-electron chi connectivity index (χ0n) is 10.5. The SMILES string of the molecule is CN(C)c1nc(Cl)nc(NCCCCC(N)=O)n1. The van der Waals surface area contributed by atoms with E-state index in [1.54, 1.807) is 4.90 Å². The zero-order valence-corrected chi connectivity index (χ0v) is 11.2. The number of nitrogens with two attached hydrogens (primary N) is 1. The summed E-state index contributed by atoms with van der Waals surface area (Å²) in [5.41, 5.74) is 5.04. The van der Waals surface area contributed by atoms with Gasteiger partial charge in [0.2, 0.25) is 23.1 Å². The summed E-state index contributed by atoms with van der Waals surface area (Å²) in [6.45, 7) is 0.653. The summed E-state index contributed by atoms with van der Waals surface area (Å²) >= 11 is 5.79. The molecule has 1 aromatic rings. The van der Waals surface area contributed by atoms with Crippen LogP contribution in [0.4, 0.5) is 11.9 Å². The van der Waals surface area contributed by atoms with Crippen molar-refractivity contribution in [2.75, 3.05) is 30.9 Å². The number of carbonyl (C=O) groups excluding carboxylic acids is 1. The van der Waals surface area contributed by atoms with Crippen molar-refractivity contribution in [3.05, 3.63) is 5.28 Å². The van der Waals surface area contributed by atoms with E-state index >= 15 is 0 Å². The molecule has 0 atom stereocenters. The van der Waals surface area contributed by atoms with Crippen LogP contribution >= 0.6 is 11.6 Å². The van der Waals surface area contributed by atoms with Crippen LogP contribution in [-0.2, 0) is 4.79 Å². The van der Waals surface area contributed by atoms with E-state index < -0.39 is 0 Å². The second kappa shape index (κ2) is 6.95. The van der Waals surface area contributed by atoms with E-state index in [-0.39, 0.29) is 11.2 Å². The molecule has 1 aromatic heterocycles. The molecule has 7 nitrogen and oxygen atoms in total. The first kappa shape index (κ1) is 14.4. The van der Waals surface area contributed by atoms with Gasteiger partial charge in [0.25, 0.3) is 0 Å². The van der Waals surface area contributed by atoms with Gasteiger partial charge < -0.3 is 16.0 Å². The maximum Gasteiger partial charge on any atom is 0.230 e. The van der Waals surface area contributed by atoms with Crippen LogP contribution in [0.3, 0.4) is 0 Å². The minimum Gasteiger partial charge on any atom is -0.370 e. The normalized spacial score (nSPS) is 10.2. The maximum absolute atomic E-state index is 10.5. The summed E-state index contributed by atoms with van der Waals surface area (Å²) in [5, 5.41) is 3.18. The van der Waals surface area contributed by atoms with Gasteiger partial charge in [-0.2, -0.15) is 15.0 Å². The molecule has 1 rings (SSSR count). The number of rotatable bonds is 7. The topological polar surface area (TPSA) is 97.0 Å². The molecule has 0 spiro atoms. The Morgan fingerprint density at radius 3 is 2.67 bits per heavy atom. The third-order valence-corrected chi connectivity index (χ3v) is 2.30. The largest absolute Gasteiger partial charge is 0.370 e. The number of aromatic nitrogens is 3. The van der Waals surface area contributed by atoms with Crippen LogP contribution in [0.25, 0.3) is 0 Å². The lowest BCUT2D eigenvalue weighted by atomic mass is 10.2. The molecule has 0 saturated carbocycles. The van der Waals surface area contributed by atoms with E-state index in [1.165, 1.54) is 0 Å². The molecule has 0 radical (unpaired) electrons. The summed E-state index contributed by atoms with van der Waals surface area (Å²) in [6.07, 6.45) is 1.94. The van der Waals surface area contributed by atoms with Crippen LogP contribution in [0.2, 0.25) is 5.28 Å². The number of carbonyl (C=O) groups is 1. The Morgan fingerprint density at radius 1 is 1.33 bits per heavy atom. The van der Waals surface area contributed by atoms with Crippen LogP contribution in [0.1, 0.15) is 19.3 Å². The number of amides is 1. The first-order valence-corrected chi connectivity index (χ1v) is 5.98. The van der Waals surface area contributed by atoms with Gasteiger partial charge in [0.1, 0.15) is 0 Å². The minimum absolute atomic E-state index is 0.147. The van der Waals surface area contributed by atoms with Gasteiger partial charge in [-0.1, -0.05) is 0 Å². The number of hydrogen-bond donors (Lipinski definition) is 2. The van der Waals surface area contributed by atoms with Crippen molar-refractivity contribution in [1.29, 1.82) is 0 Å². The van der Waals surface area contributed by atoms with E-state index in [4.69, 9.17) is 17.3 Å².